The topological polar surface area (TPSA) is 67.6 Å². The molecule has 28 heavy (non-hydrogen) atoms. The summed E-state index contributed by atoms with van der Waals surface area (Å²) >= 11 is 0. The molecule has 1 saturated heterocycles. The highest BCUT2D eigenvalue weighted by Gasteiger charge is 2.15. The maximum Gasteiger partial charge on any atom is 0.241 e. The molecule has 1 fully saturated rings. The van der Waals surface area contributed by atoms with E-state index in [2.05, 4.69) is 22.3 Å². The van der Waals surface area contributed by atoms with E-state index < -0.39 is 6.04 Å². The van der Waals surface area contributed by atoms with E-state index in [0.717, 1.165) is 49.5 Å². The van der Waals surface area contributed by atoms with Gasteiger partial charge < -0.3 is 15.8 Å². The first kappa shape index (κ1) is 24.4. The molecule has 154 valence electrons. The van der Waals surface area contributed by atoms with Crippen molar-refractivity contribution in [3.05, 3.63) is 70.8 Å². The lowest BCUT2D eigenvalue weighted by Gasteiger charge is -2.26. The Balaban J connectivity index is 0.00000196. The second-order valence-electron chi connectivity index (χ2n) is 6.81. The molecule has 0 bridgehead atoms. The normalized spacial score (nSPS) is 15.1. The zero-order chi connectivity index (χ0) is 18.4. The average Bonchev–Trinajstić information content (AvgIpc) is 2.67. The fraction of sp³-hybridized carbons (Fsp3) is 0.381. The maximum absolute atomic E-state index is 12.3. The molecule has 7 heteroatoms. The van der Waals surface area contributed by atoms with Crippen LogP contribution in [-0.2, 0) is 22.6 Å². The van der Waals surface area contributed by atoms with Gasteiger partial charge in [0.2, 0.25) is 5.91 Å². The van der Waals surface area contributed by atoms with Crippen LogP contribution in [0.2, 0.25) is 0 Å². The number of aryl methyl sites for hydroxylation is 1. The molecule has 1 aliphatic heterocycles. The number of nitrogens with one attached hydrogen (secondary N) is 1. The van der Waals surface area contributed by atoms with Crippen LogP contribution in [0, 0.1) is 6.92 Å². The van der Waals surface area contributed by atoms with E-state index in [0.29, 0.717) is 6.54 Å². The smallest absolute Gasteiger partial charge is 0.241 e. The van der Waals surface area contributed by atoms with Gasteiger partial charge in [0.15, 0.2) is 0 Å². The number of carbonyl (C=O) groups excluding carboxylic acids is 1. The summed E-state index contributed by atoms with van der Waals surface area (Å²) in [5.41, 5.74) is 10.4. The molecule has 2 aromatic rings. The van der Waals surface area contributed by atoms with Crippen molar-refractivity contribution in [3.63, 3.8) is 0 Å². The SMILES string of the molecule is Cc1ccc(C(N)C(=O)NCc2cccc(CN3CCOCC3)c2)cc1.Cl.Cl. The third-order valence-corrected chi connectivity index (χ3v) is 4.69. The number of hydrogen-bond acceptors (Lipinski definition) is 4. The Bertz CT molecular complexity index is 735. The van der Waals surface area contributed by atoms with Crippen LogP contribution >= 0.6 is 24.8 Å². The summed E-state index contributed by atoms with van der Waals surface area (Å²) in [4.78, 5) is 14.7. The summed E-state index contributed by atoms with van der Waals surface area (Å²) in [6.45, 7) is 6.93. The van der Waals surface area contributed by atoms with Crippen LogP contribution in [0.15, 0.2) is 48.5 Å². The van der Waals surface area contributed by atoms with Gasteiger partial charge in [-0.3, -0.25) is 9.69 Å². The molecule has 1 unspecified atom stereocenters. The van der Waals surface area contributed by atoms with E-state index in [4.69, 9.17) is 10.5 Å². The van der Waals surface area contributed by atoms with Gasteiger partial charge in [0.25, 0.3) is 0 Å². The summed E-state index contributed by atoms with van der Waals surface area (Å²) < 4.78 is 5.39. The Morgan fingerprint density at radius 1 is 1.11 bits per heavy atom. The standard InChI is InChI=1S/C21H27N3O2.2ClH/c1-16-5-7-19(8-6-16)20(22)21(25)23-14-17-3-2-4-18(13-17)15-24-9-11-26-12-10-24;;/h2-8,13,20H,9-12,14-15,22H2,1H3,(H,23,25);2*1H. The fourth-order valence-electron chi connectivity index (χ4n) is 3.08. The minimum atomic E-state index is -0.646. The van der Waals surface area contributed by atoms with Gasteiger partial charge in [-0.15, -0.1) is 24.8 Å². The van der Waals surface area contributed by atoms with Gasteiger partial charge in [0.1, 0.15) is 6.04 Å². The number of nitrogens with zero attached hydrogens (tertiary/aromatic N) is 1. The van der Waals surface area contributed by atoms with Crippen LogP contribution in [0.1, 0.15) is 28.3 Å². The van der Waals surface area contributed by atoms with Crippen LogP contribution in [0.4, 0.5) is 0 Å². The highest BCUT2D eigenvalue weighted by molar-refractivity contribution is 5.85. The third-order valence-electron chi connectivity index (χ3n) is 4.69. The number of hydrogen-bond donors (Lipinski definition) is 2. The molecule has 1 atom stereocenters. The lowest BCUT2D eigenvalue weighted by atomic mass is 10.0. The van der Waals surface area contributed by atoms with Crippen molar-refractivity contribution >= 4 is 30.7 Å². The number of carbonyl (C=O) groups is 1. The molecule has 1 amide bonds. The Labute approximate surface area is 179 Å². The Morgan fingerprint density at radius 3 is 2.43 bits per heavy atom. The van der Waals surface area contributed by atoms with Crippen molar-refractivity contribution in [1.29, 1.82) is 0 Å². The lowest BCUT2D eigenvalue weighted by molar-refractivity contribution is -0.122. The van der Waals surface area contributed by atoms with Crippen LogP contribution in [0.3, 0.4) is 0 Å². The molecule has 0 spiro atoms. The van der Waals surface area contributed by atoms with Gasteiger partial charge in [0.05, 0.1) is 13.2 Å². The Morgan fingerprint density at radius 2 is 1.75 bits per heavy atom. The van der Waals surface area contributed by atoms with Crippen LogP contribution in [-0.4, -0.2) is 37.1 Å². The third kappa shape index (κ3) is 7.08. The van der Waals surface area contributed by atoms with Crippen LogP contribution < -0.4 is 11.1 Å². The predicted octanol–water partition coefficient (Wildman–Crippen LogP) is 2.99. The van der Waals surface area contributed by atoms with E-state index in [9.17, 15) is 4.79 Å². The second-order valence-corrected chi connectivity index (χ2v) is 6.81. The average molecular weight is 426 g/mol. The van der Waals surface area contributed by atoms with E-state index >= 15 is 0 Å². The molecule has 0 saturated carbocycles. The number of rotatable bonds is 6. The summed E-state index contributed by atoms with van der Waals surface area (Å²) in [5, 5.41) is 2.95. The molecule has 5 nitrogen and oxygen atoms in total. The fourth-order valence-corrected chi connectivity index (χ4v) is 3.08. The van der Waals surface area contributed by atoms with Crippen LogP contribution in [0.25, 0.3) is 0 Å². The molecular formula is C21H29Cl2N3O2. The molecule has 0 aliphatic carbocycles. The number of halogens is 2. The Hall–Kier alpha value is -1.63. The second kappa shape index (κ2) is 12.0. The molecule has 1 aliphatic rings. The molecule has 0 radical (unpaired) electrons. The first-order valence-corrected chi connectivity index (χ1v) is 9.09. The predicted molar refractivity (Wildman–Crippen MR) is 117 cm³/mol. The molecule has 2 aromatic carbocycles. The quantitative estimate of drug-likeness (QED) is 0.746. The van der Waals surface area contributed by atoms with Gasteiger partial charge in [-0.05, 0) is 23.6 Å². The molecule has 3 rings (SSSR count). The van der Waals surface area contributed by atoms with Gasteiger partial charge in [-0.25, -0.2) is 0 Å². The van der Waals surface area contributed by atoms with E-state index in [1.165, 1.54) is 5.56 Å². The number of morpholine rings is 1. The summed E-state index contributed by atoms with van der Waals surface area (Å²) in [7, 11) is 0. The van der Waals surface area contributed by atoms with Crippen molar-refractivity contribution in [2.24, 2.45) is 5.73 Å². The van der Waals surface area contributed by atoms with E-state index in [1.807, 2.05) is 43.3 Å². The van der Waals surface area contributed by atoms with Crippen molar-refractivity contribution < 1.29 is 9.53 Å². The van der Waals surface area contributed by atoms with Crippen molar-refractivity contribution in [2.45, 2.75) is 26.1 Å². The lowest BCUT2D eigenvalue weighted by Crippen LogP contribution is -2.35. The number of ether oxygens (including phenoxy) is 1. The van der Waals surface area contributed by atoms with Crippen molar-refractivity contribution in [2.75, 3.05) is 26.3 Å². The molecule has 3 N–H and O–H groups in total. The zero-order valence-electron chi connectivity index (χ0n) is 16.1. The largest absolute Gasteiger partial charge is 0.379 e. The van der Waals surface area contributed by atoms with Crippen molar-refractivity contribution in [1.82, 2.24) is 10.2 Å². The van der Waals surface area contributed by atoms with Crippen molar-refractivity contribution in [3.8, 4) is 0 Å². The first-order chi connectivity index (χ1) is 12.6. The molecular weight excluding hydrogens is 397 g/mol. The summed E-state index contributed by atoms with van der Waals surface area (Å²) in [6, 6.07) is 15.4. The number of benzene rings is 2. The van der Waals surface area contributed by atoms with E-state index in [1.54, 1.807) is 0 Å². The minimum Gasteiger partial charge on any atom is -0.379 e. The van der Waals surface area contributed by atoms with Gasteiger partial charge in [-0.2, -0.15) is 0 Å². The number of nitrogens with two attached hydrogens (primary N) is 1. The zero-order valence-corrected chi connectivity index (χ0v) is 17.7. The van der Waals surface area contributed by atoms with Gasteiger partial charge >= 0.3 is 0 Å². The molecule has 1 heterocycles. The summed E-state index contributed by atoms with van der Waals surface area (Å²) in [6.07, 6.45) is 0. The Kier molecular flexibility index (Phi) is 10.5. The highest BCUT2D eigenvalue weighted by Crippen LogP contribution is 2.13. The van der Waals surface area contributed by atoms with Crippen LogP contribution in [0.5, 0.6) is 0 Å². The van der Waals surface area contributed by atoms with E-state index in [-0.39, 0.29) is 30.7 Å². The summed E-state index contributed by atoms with van der Waals surface area (Å²) in [5.74, 6) is -0.160. The molecule has 0 aromatic heterocycles. The highest BCUT2D eigenvalue weighted by atomic mass is 35.5. The number of amides is 1. The first-order valence-electron chi connectivity index (χ1n) is 9.09. The monoisotopic (exact) mass is 425 g/mol. The van der Waals surface area contributed by atoms with Gasteiger partial charge in [0, 0.05) is 26.2 Å². The maximum atomic E-state index is 12.3. The minimum absolute atomic E-state index is 0. The van der Waals surface area contributed by atoms with Gasteiger partial charge in [-0.1, -0.05) is 54.1 Å².